The lowest BCUT2D eigenvalue weighted by atomic mass is 10.1. The van der Waals surface area contributed by atoms with E-state index < -0.39 is 0 Å². The molecule has 0 spiro atoms. The van der Waals surface area contributed by atoms with Crippen LogP contribution in [0.4, 0.5) is 5.69 Å². The number of nitrogens with zero attached hydrogens (tertiary/aromatic N) is 1. The summed E-state index contributed by atoms with van der Waals surface area (Å²) in [5.74, 6) is 0. The van der Waals surface area contributed by atoms with E-state index in [1.165, 1.54) is 22.1 Å². The quantitative estimate of drug-likeness (QED) is 0.920. The van der Waals surface area contributed by atoms with E-state index in [-0.39, 0.29) is 0 Å². The lowest BCUT2D eigenvalue weighted by Gasteiger charge is -2.26. The van der Waals surface area contributed by atoms with E-state index in [1.54, 1.807) is 0 Å². The van der Waals surface area contributed by atoms with E-state index in [0.29, 0.717) is 6.04 Å². The number of rotatable bonds is 4. The molecule has 0 saturated carbocycles. The fourth-order valence-corrected chi connectivity index (χ4v) is 3.12. The first-order chi connectivity index (χ1) is 7.77. The molecule has 88 valence electrons. The van der Waals surface area contributed by atoms with Crippen LogP contribution < -0.4 is 10.6 Å². The molecule has 1 aliphatic heterocycles. The van der Waals surface area contributed by atoms with Gasteiger partial charge in [-0.05, 0) is 50.4 Å². The smallest absolute Gasteiger partial charge is 0.0413 e. The Labute approximate surface area is 106 Å². The molecule has 0 aromatic heterocycles. The summed E-state index contributed by atoms with van der Waals surface area (Å²) in [4.78, 5) is 2.51. The first-order valence-electron chi connectivity index (χ1n) is 6.02. The zero-order valence-electron chi connectivity index (χ0n) is 9.75. The molecule has 0 radical (unpaired) electrons. The minimum absolute atomic E-state index is 0.641. The monoisotopic (exact) mass is 282 g/mol. The number of hydrogen-bond donors (Lipinski definition) is 1. The molecule has 0 bridgehead atoms. The van der Waals surface area contributed by atoms with Crippen LogP contribution in [0.1, 0.15) is 25.3 Å². The summed E-state index contributed by atoms with van der Waals surface area (Å²) >= 11 is 3.65. The third kappa shape index (κ3) is 2.11. The maximum absolute atomic E-state index is 5.60. The molecule has 2 rings (SSSR count). The number of fused-ring (bicyclic) bond motifs is 1. The fourth-order valence-electron chi connectivity index (χ4n) is 2.60. The Morgan fingerprint density at radius 2 is 2.31 bits per heavy atom. The van der Waals surface area contributed by atoms with Crippen molar-refractivity contribution < 1.29 is 0 Å². The third-order valence-corrected chi connectivity index (χ3v) is 4.11. The molecular weight excluding hydrogens is 264 g/mol. The van der Waals surface area contributed by atoms with Crippen LogP contribution in [0, 0.1) is 0 Å². The van der Waals surface area contributed by atoms with Gasteiger partial charge in [-0.15, -0.1) is 0 Å². The van der Waals surface area contributed by atoms with Crippen molar-refractivity contribution in [3.63, 3.8) is 0 Å². The van der Waals surface area contributed by atoms with Gasteiger partial charge in [0.05, 0.1) is 0 Å². The van der Waals surface area contributed by atoms with E-state index >= 15 is 0 Å². The van der Waals surface area contributed by atoms with E-state index in [1.807, 2.05) is 0 Å². The van der Waals surface area contributed by atoms with Gasteiger partial charge in [0.2, 0.25) is 0 Å². The number of likely N-dealkylation sites (N-methyl/N-ethyl adjacent to an activating group) is 1. The van der Waals surface area contributed by atoms with Gasteiger partial charge in [-0.3, -0.25) is 0 Å². The highest BCUT2D eigenvalue weighted by molar-refractivity contribution is 9.10. The molecule has 16 heavy (non-hydrogen) atoms. The Bertz CT molecular complexity index is 365. The van der Waals surface area contributed by atoms with Gasteiger partial charge in [0.1, 0.15) is 0 Å². The van der Waals surface area contributed by atoms with Gasteiger partial charge in [-0.25, -0.2) is 0 Å². The van der Waals surface area contributed by atoms with Gasteiger partial charge >= 0.3 is 0 Å². The maximum atomic E-state index is 5.60. The average Bonchev–Trinajstić information content (AvgIpc) is 2.65. The van der Waals surface area contributed by atoms with Crippen LogP contribution >= 0.6 is 15.9 Å². The highest BCUT2D eigenvalue weighted by atomic mass is 79.9. The largest absolute Gasteiger partial charge is 0.368 e. The van der Waals surface area contributed by atoms with E-state index in [0.717, 1.165) is 25.9 Å². The van der Waals surface area contributed by atoms with Crippen molar-refractivity contribution >= 4 is 21.6 Å². The van der Waals surface area contributed by atoms with Crippen LogP contribution in [0.2, 0.25) is 0 Å². The van der Waals surface area contributed by atoms with Gasteiger partial charge in [0.15, 0.2) is 0 Å². The molecule has 0 fully saturated rings. The number of benzene rings is 1. The molecule has 1 atom stereocenters. The molecule has 2 N–H and O–H groups in total. The Kier molecular flexibility index (Phi) is 3.87. The summed E-state index contributed by atoms with van der Waals surface area (Å²) in [5.41, 5.74) is 8.47. The SMILES string of the molecule is CCN1c2cccc(Br)c2CC1CCCN. The molecule has 0 saturated heterocycles. The zero-order chi connectivity index (χ0) is 11.5. The summed E-state index contributed by atoms with van der Waals surface area (Å²) in [7, 11) is 0. The van der Waals surface area contributed by atoms with Crippen molar-refractivity contribution in [3.8, 4) is 0 Å². The van der Waals surface area contributed by atoms with Crippen molar-refractivity contribution in [2.75, 3.05) is 18.0 Å². The van der Waals surface area contributed by atoms with Gasteiger partial charge in [0.25, 0.3) is 0 Å². The molecule has 1 unspecified atom stereocenters. The van der Waals surface area contributed by atoms with Gasteiger partial charge in [0, 0.05) is 22.7 Å². The zero-order valence-corrected chi connectivity index (χ0v) is 11.3. The van der Waals surface area contributed by atoms with E-state index in [9.17, 15) is 0 Å². The minimum Gasteiger partial charge on any atom is -0.368 e. The van der Waals surface area contributed by atoms with Crippen molar-refractivity contribution in [2.24, 2.45) is 5.73 Å². The Hall–Kier alpha value is -0.540. The van der Waals surface area contributed by atoms with E-state index in [4.69, 9.17) is 5.73 Å². The van der Waals surface area contributed by atoms with Crippen LogP contribution in [0.15, 0.2) is 22.7 Å². The molecule has 0 amide bonds. The summed E-state index contributed by atoms with van der Waals surface area (Å²) in [6.07, 6.45) is 3.48. The predicted octanol–water partition coefficient (Wildman–Crippen LogP) is 2.94. The van der Waals surface area contributed by atoms with Crippen molar-refractivity contribution in [1.82, 2.24) is 0 Å². The number of nitrogens with two attached hydrogens (primary N) is 1. The van der Waals surface area contributed by atoms with Crippen LogP contribution in [-0.2, 0) is 6.42 Å². The van der Waals surface area contributed by atoms with E-state index in [2.05, 4.69) is 46.0 Å². The molecule has 3 heteroatoms. The Morgan fingerprint density at radius 1 is 1.50 bits per heavy atom. The highest BCUT2D eigenvalue weighted by Gasteiger charge is 2.28. The number of anilines is 1. The normalized spacial score (nSPS) is 18.9. The number of hydrogen-bond acceptors (Lipinski definition) is 2. The minimum atomic E-state index is 0.641. The number of halogens is 1. The van der Waals surface area contributed by atoms with Crippen LogP contribution in [-0.4, -0.2) is 19.1 Å². The molecule has 1 aliphatic rings. The molecular formula is C13H19BrN2. The van der Waals surface area contributed by atoms with Crippen LogP contribution in [0.5, 0.6) is 0 Å². The van der Waals surface area contributed by atoms with Crippen LogP contribution in [0.25, 0.3) is 0 Å². The molecule has 1 heterocycles. The second-order valence-corrected chi connectivity index (χ2v) is 5.17. The molecule has 2 nitrogen and oxygen atoms in total. The lowest BCUT2D eigenvalue weighted by molar-refractivity contribution is 0.565. The highest BCUT2D eigenvalue weighted by Crippen LogP contribution is 2.37. The summed E-state index contributed by atoms with van der Waals surface area (Å²) < 4.78 is 1.25. The summed E-state index contributed by atoms with van der Waals surface area (Å²) in [5, 5.41) is 0. The first-order valence-corrected chi connectivity index (χ1v) is 6.81. The Morgan fingerprint density at radius 3 is 3.00 bits per heavy atom. The molecule has 1 aromatic carbocycles. The van der Waals surface area contributed by atoms with Crippen molar-refractivity contribution in [3.05, 3.63) is 28.2 Å². The molecule has 1 aromatic rings. The van der Waals surface area contributed by atoms with Crippen LogP contribution in [0.3, 0.4) is 0 Å². The van der Waals surface area contributed by atoms with Gasteiger partial charge in [-0.2, -0.15) is 0 Å². The second kappa shape index (κ2) is 5.19. The third-order valence-electron chi connectivity index (χ3n) is 3.37. The van der Waals surface area contributed by atoms with Crippen molar-refractivity contribution in [1.29, 1.82) is 0 Å². The predicted molar refractivity (Wildman–Crippen MR) is 72.9 cm³/mol. The average molecular weight is 283 g/mol. The standard InChI is InChI=1S/C13H19BrN2/c1-2-16-10(5-4-8-15)9-11-12(14)6-3-7-13(11)16/h3,6-7,10H,2,4-5,8-9,15H2,1H3. The summed E-state index contributed by atoms with van der Waals surface area (Å²) in [6.45, 7) is 4.11. The van der Waals surface area contributed by atoms with Gasteiger partial charge in [-0.1, -0.05) is 22.0 Å². The first kappa shape index (κ1) is 11.9. The lowest BCUT2D eigenvalue weighted by Crippen LogP contribution is -2.32. The Balaban J connectivity index is 2.22. The fraction of sp³-hybridized carbons (Fsp3) is 0.538. The van der Waals surface area contributed by atoms with Crippen molar-refractivity contribution in [2.45, 2.75) is 32.2 Å². The van der Waals surface area contributed by atoms with Gasteiger partial charge < -0.3 is 10.6 Å². The maximum Gasteiger partial charge on any atom is 0.0413 e. The summed E-state index contributed by atoms with van der Waals surface area (Å²) in [6, 6.07) is 7.13. The molecule has 0 aliphatic carbocycles. The topological polar surface area (TPSA) is 29.3 Å². The second-order valence-electron chi connectivity index (χ2n) is 4.31.